The number of hydrogen-bond donors (Lipinski definition) is 0. The Morgan fingerprint density at radius 1 is 1.07 bits per heavy atom. The van der Waals surface area contributed by atoms with Crippen molar-refractivity contribution >= 4 is 5.65 Å². The number of hydrogen-bond acceptors (Lipinski definition) is 1. The highest BCUT2D eigenvalue weighted by Gasteiger charge is 1.90. The van der Waals surface area contributed by atoms with Crippen molar-refractivity contribution in [1.29, 1.82) is 0 Å². The maximum Gasteiger partial charge on any atom is 0.136 e. The number of aromatic nitrogens is 2. The Kier molecular flexibility index (Phi) is 6.46. The second kappa shape index (κ2) is 7.13. The molecule has 2 heterocycles. The Morgan fingerprint density at radius 3 is 2.36 bits per heavy atom. The zero-order valence-corrected chi connectivity index (χ0v) is 9.78. The van der Waals surface area contributed by atoms with E-state index in [9.17, 15) is 0 Å². The van der Waals surface area contributed by atoms with Crippen molar-refractivity contribution in [2.24, 2.45) is 0 Å². The van der Waals surface area contributed by atoms with Gasteiger partial charge in [-0.15, -0.1) is 0 Å². The zero-order chi connectivity index (χ0) is 11.0. The quantitative estimate of drug-likeness (QED) is 0.622. The molecule has 0 saturated heterocycles. The van der Waals surface area contributed by atoms with Crippen LogP contribution >= 0.6 is 0 Å². The lowest BCUT2D eigenvalue weighted by atomic mass is 10.3. The van der Waals surface area contributed by atoms with Crippen molar-refractivity contribution in [2.75, 3.05) is 0 Å². The van der Waals surface area contributed by atoms with E-state index in [1.54, 1.807) is 6.20 Å². The number of rotatable bonds is 0. The highest BCUT2D eigenvalue weighted by Crippen LogP contribution is 2.02. The van der Waals surface area contributed by atoms with E-state index in [0.717, 1.165) is 5.65 Å². The van der Waals surface area contributed by atoms with E-state index in [1.165, 1.54) is 5.56 Å². The van der Waals surface area contributed by atoms with Gasteiger partial charge in [-0.3, -0.25) is 0 Å². The van der Waals surface area contributed by atoms with Crippen LogP contribution in [0.2, 0.25) is 0 Å². The van der Waals surface area contributed by atoms with Crippen LogP contribution in [-0.2, 0) is 0 Å². The molecule has 2 aromatic heterocycles. The number of imidazole rings is 1. The predicted octanol–water partition coefficient (Wildman–Crippen LogP) is 3.70. The number of fused-ring (bicyclic) bond motifs is 1. The summed E-state index contributed by atoms with van der Waals surface area (Å²) in [6.45, 7) is 10.1. The van der Waals surface area contributed by atoms with Gasteiger partial charge in [0.15, 0.2) is 0 Å². The number of nitrogens with zero attached hydrogens (tertiary/aromatic N) is 2. The molecule has 0 aliphatic heterocycles. The Morgan fingerprint density at radius 2 is 1.71 bits per heavy atom. The molecule has 2 rings (SSSR count). The molecule has 78 valence electrons. The largest absolute Gasteiger partial charge is 0.307 e. The molecule has 0 spiro atoms. The minimum absolute atomic E-state index is 1.01. The molecule has 0 fully saturated rings. The lowest BCUT2D eigenvalue weighted by molar-refractivity contribution is 1.17. The fourth-order valence-electron chi connectivity index (χ4n) is 1.01. The molecule has 2 aromatic rings. The summed E-state index contributed by atoms with van der Waals surface area (Å²) in [5.74, 6) is 0. The summed E-state index contributed by atoms with van der Waals surface area (Å²) in [5.41, 5.74) is 2.26. The Labute approximate surface area is 86.6 Å². The molecule has 0 atom stereocenters. The average Bonchev–Trinajstić information content (AvgIpc) is 2.71. The van der Waals surface area contributed by atoms with Gasteiger partial charge in [-0.25, -0.2) is 4.98 Å². The van der Waals surface area contributed by atoms with Crippen LogP contribution in [0.25, 0.3) is 5.65 Å². The molecule has 0 saturated carbocycles. The highest BCUT2D eigenvalue weighted by molar-refractivity contribution is 5.40. The van der Waals surface area contributed by atoms with Crippen molar-refractivity contribution in [1.82, 2.24) is 9.38 Å². The summed E-state index contributed by atoms with van der Waals surface area (Å²) in [6.07, 6.45) is 5.75. The van der Waals surface area contributed by atoms with Crippen LogP contribution in [-0.4, -0.2) is 9.38 Å². The van der Waals surface area contributed by atoms with Crippen LogP contribution in [0.1, 0.15) is 33.3 Å². The molecule has 14 heavy (non-hydrogen) atoms. The van der Waals surface area contributed by atoms with Crippen LogP contribution in [0.3, 0.4) is 0 Å². The van der Waals surface area contributed by atoms with Gasteiger partial charge in [-0.2, -0.15) is 0 Å². The van der Waals surface area contributed by atoms with E-state index in [0.29, 0.717) is 0 Å². The van der Waals surface area contributed by atoms with Crippen molar-refractivity contribution in [3.8, 4) is 0 Å². The third-order valence-corrected chi connectivity index (χ3v) is 1.55. The lowest BCUT2D eigenvalue weighted by Gasteiger charge is -1.92. The summed E-state index contributed by atoms with van der Waals surface area (Å²) in [4.78, 5) is 4.14. The molecule has 2 heteroatoms. The fraction of sp³-hybridized carbons (Fsp3) is 0.417. The smallest absolute Gasteiger partial charge is 0.136 e. The Balaban J connectivity index is 0.000000379. The van der Waals surface area contributed by atoms with E-state index in [2.05, 4.69) is 24.0 Å². The zero-order valence-electron chi connectivity index (χ0n) is 9.78. The second-order valence-corrected chi connectivity index (χ2v) is 2.40. The maximum atomic E-state index is 4.14. The van der Waals surface area contributed by atoms with Crippen molar-refractivity contribution in [3.63, 3.8) is 0 Å². The van der Waals surface area contributed by atoms with E-state index in [-0.39, 0.29) is 0 Å². The van der Waals surface area contributed by atoms with Crippen LogP contribution in [0, 0.1) is 6.92 Å². The van der Waals surface area contributed by atoms with E-state index in [4.69, 9.17) is 0 Å². The Bertz CT molecular complexity index is 350. The summed E-state index contributed by atoms with van der Waals surface area (Å²) in [5, 5.41) is 0. The first-order valence-corrected chi connectivity index (χ1v) is 5.25. The van der Waals surface area contributed by atoms with Crippen molar-refractivity contribution < 1.29 is 0 Å². The number of pyridine rings is 1. The van der Waals surface area contributed by atoms with Crippen LogP contribution in [0.4, 0.5) is 0 Å². The first kappa shape index (κ1) is 12.7. The molecule has 0 unspecified atom stereocenters. The van der Waals surface area contributed by atoms with Gasteiger partial charge in [0.2, 0.25) is 0 Å². The van der Waals surface area contributed by atoms with Gasteiger partial charge in [-0.1, -0.05) is 27.7 Å². The fourth-order valence-corrected chi connectivity index (χ4v) is 1.01. The van der Waals surface area contributed by atoms with E-state index >= 15 is 0 Å². The predicted molar refractivity (Wildman–Crippen MR) is 62.6 cm³/mol. The monoisotopic (exact) mass is 192 g/mol. The molecular weight excluding hydrogens is 172 g/mol. The molecular formula is C12H20N2. The van der Waals surface area contributed by atoms with Gasteiger partial charge < -0.3 is 4.40 Å². The first-order valence-electron chi connectivity index (χ1n) is 5.25. The average molecular weight is 192 g/mol. The van der Waals surface area contributed by atoms with Gasteiger partial charge in [0, 0.05) is 18.6 Å². The molecule has 0 amide bonds. The third-order valence-electron chi connectivity index (χ3n) is 1.55. The standard InChI is InChI=1S/C8H8N2.2C2H6/c1-7-2-4-10-5-3-9-8(10)6-7;2*1-2/h2-6H,1H3;2*1-2H3. The maximum absolute atomic E-state index is 4.14. The minimum Gasteiger partial charge on any atom is -0.307 e. The lowest BCUT2D eigenvalue weighted by Crippen LogP contribution is -1.81. The molecule has 0 aliphatic carbocycles. The molecule has 0 aromatic carbocycles. The van der Waals surface area contributed by atoms with E-state index < -0.39 is 0 Å². The van der Waals surface area contributed by atoms with Gasteiger partial charge in [0.05, 0.1) is 0 Å². The van der Waals surface area contributed by atoms with Gasteiger partial charge in [0.1, 0.15) is 5.65 Å². The second-order valence-electron chi connectivity index (χ2n) is 2.40. The summed E-state index contributed by atoms with van der Waals surface area (Å²) in [6, 6.07) is 4.12. The minimum atomic E-state index is 1.01. The van der Waals surface area contributed by atoms with Gasteiger partial charge in [0.25, 0.3) is 0 Å². The third kappa shape index (κ3) is 3.21. The summed E-state index contributed by atoms with van der Waals surface area (Å²) in [7, 11) is 0. The summed E-state index contributed by atoms with van der Waals surface area (Å²) < 4.78 is 1.99. The molecule has 0 N–H and O–H groups in total. The Hall–Kier alpha value is -1.31. The van der Waals surface area contributed by atoms with E-state index in [1.807, 2.05) is 44.5 Å². The normalized spacial score (nSPS) is 8.36. The van der Waals surface area contributed by atoms with Crippen molar-refractivity contribution in [3.05, 3.63) is 36.3 Å². The number of aryl methyl sites for hydroxylation is 1. The molecule has 0 aliphatic rings. The van der Waals surface area contributed by atoms with Gasteiger partial charge >= 0.3 is 0 Å². The summed E-state index contributed by atoms with van der Waals surface area (Å²) >= 11 is 0. The van der Waals surface area contributed by atoms with Crippen LogP contribution < -0.4 is 0 Å². The van der Waals surface area contributed by atoms with Crippen LogP contribution in [0.15, 0.2) is 30.7 Å². The molecule has 2 nitrogen and oxygen atoms in total. The molecule has 0 radical (unpaired) electrons. The van der Waals surface area contributed by atoms with Crippen LogP contribution in [0.5, 0.6) is 0 Å². The highest BCUT2D eigenvalue weighted by atomic mass is 15.0. The SMILES string of the molecule is CC.CC.Cc1ccn2ccnc2c1. The molecule has 0 bridgehead atoms. The topological polar surface area (TPSA) is 17.3 Å². The van der Waals surface area contributed by atoms with Gasteiger partial charge in [-0.05, 0) is 24.6 Å². The van der Waals surface area contributed by atoms with Crippen molar-refractivity contribution in [2.45, 2.75) is 34.6 Å². The first-order chi connectivity index (χ1) is 6.86.